The van der Waals surface area contributed by atoms with Crippen LogP contribution in [0.4, 0.5) is 4.39 Å². The molecule has 19 heavy (non-hydrogen) atoms. The van der Waals surface area contributed by atoms with Crippen LogP contribution in [0.1, 0.15) is 5.56 Å². The predicted octanol–water partition coefficient (Wildman–Crippen LogP) is 4.55. The van der Waals surface area contributed by atoms with Gasteiger partial charge in [-0.3, -0.25) is 0 Å². The number of hydrogen-bond acceptors (Lipinski definition) is 1. The molecule has 0 amide bonds. The van der Waals surface area contributed by atoms with Gasteiger partial charge in [0.05, 0.1) is 11.2 Å². The van der Waals surface area contributed by atoms with Gasteiger partial charge in [0.25, 0.3) is 0 Å². The summed E-state index contributed by atoms with van der Waals surface area (Å²) in [5.41, 5.74) is 1.88. The zero-order valence-electron chi connectivity index (χ0n) is 10.2. The van der Waals surface area contributed by atoms with E-state index in [9.17, 15) is 9.50 Å². The molecule has 0 spiro atoms. The summed E-state index contributed by atoms with van der Waals surface area (Å²) in [4.78, 5) is 0. The van der Waals surface area contributed by atoms with E-state index in [0.29, 0.717) is 11.2 Å². The zero-order chi connectivity index (χ0) is 13.6. The number of fused-ring (bicyclic) bond motifs is 1. The van der Waals surface area contributed by atoms with Crippen LogP contribution in [0.25, 0.3) is 16.6 Å². The number of rotatable bonds is 1. The molecule has 2 aromatic carbocycles. The van der Waals surface area contributed by atoms with Gasteiger partial charge in [0.1, 0.15) is 11.6 Å². The molecule has 4 heteroatoms. The fourth-order valence-corrected chi connectivity index (χ4v) is 2.67. The van der Waals surface area contributed by atoms with Crippen LogP contribution in [0.15, 0.2) is 47.1 Å². The molecule has 0 fully saturated rings. The highest BCUT2D eigenvalue weighted by atomic mass is 79.9. The average molecular weight is 320 g/mol. The van der Waals surface area contributed by atoms with Crippen LogP contribution in [-0.2, 0) is 0 Å². The Morgan fingerprint density at radius 3 is 2.68 bits per heavy atom. The van der Waals surface area contributed by atoms with Gasteiger partial charge in [0.2, 0.25) is 0 Å². The fourth-order valence-electron chi connectivity index (χ4n) is 2.22. The van der Waals surface area contributed by atoms with Crippen molar-refractivity contribution in [1.29, 1.82) is 0 Å². The van der Waals surface area contributed by atoms with Crippen LogP contribution in [0.3, 0.4) is 0 Å². The van der Waals surface area contributed by atoms with Gasteiger partial charge in [0, 0.05) is 16.1 Å². The van der Waals surface area contributed by atoms with Crippen LogP contribution < -0.4 is 0 Å². The van der Waals surface area contributed by atoms with Gasteiger partial charge in [-0.2, -0.15) is 0 Å². The molecule has 0 aliphatic rings. The summed E-state index contributed by atoms with van der Waals surface area (Å²) < 4.78 is 16.6. The summed E-state index contributed by atoms with van der Waals surface area (Å²) in [6, 6.07) is 10.3. The quantitative estimate of drug-likeness (QED) is 0.699. The Labute approximate surface area is 118 Å². The highest BCUT2D eigenvalue weighted by molar-refractivity contribution is 9.10. The summed E-state index contributed by atoms with van der Waals surface area (Å²) in [7, 11) is 0. The number of nitrogens with zero attached hydrogens (tertiary/aromatic N) is 1. The second-order valence-corrected chi connectivity index (χ2v) is 5.32. The Bertz CT molecular complexity index is 779. The van der Waals surface area contributed by atoms with Crippen LogP contribution in [0.2, 0.25) is 0 Å². The first-order valence-corrected chi connectivity index (χ1v) is 6.62. The van der Waals surface area contributed by atoms with Gasteiger partial charge in [-0.25, -0.2) is 4.39 Å². The lowest BCUT2D eigenvalue weighted by Gasteiger charge is -2.09. The van der Waals surface area contributed by atoms with E-state index in [0.717, 1.165) is 15.4 Å². The second-order valence-electron chi connectivity index (χ2n) is 4.47. The van der Waals surface area contributed by atoms with Gasteiger partial charge < -0.3 is 9.67 Å². The number of aryl methyl sites for hydroxylation is 1. The molecular weight excluding hydrogens is 309 g/mol. The normalized spacial score (nSPS) is 11.1. The lowest BCUT2D eigenvalue weighted by atomic mass is 10.2. The Morgan fingerprint density at radius 1 is 1.16 bits per heavy atom. The average Bonchev–Trinajstić information content (AvgIpc) is 2.80. The molecule has 0 aliphatic carbocycles. The topological polar surface area (TPSA) is 25.2 Å². The zero-order valence-corrected chi connectivity index (χ0v) is 11.8. The molecule has 3 aromatic rings. The number of halogens is 2. The van der Waals surface area contributed by atoms with Crippen LogP contribution >= 0.6 is 15.9 Å². The standard InChI is InChI=1S/C15H11BrFNO/c1-9-2-4-13(12(17)8-9)18-7-6-10-11(16)3-5-14(19)15(10)18/h2-8,19H,1H3. The number of hydrogen-bond donors (Lipinski definition) is 1. The van der Waals surface area contributed by atoms with Crippen molar-refractivity contribution < 1.29 is 9.50 Å². The van der Waals surface area contributed by atoms with E-state index in [1.165, 1.54) is 6.07 Å². The first-order chi connectivity index (χ1) is 9.08. The first-order valence-electron chi connectivity index (χ1n) is 5.83. The molecule has 0 bridgehead atoms. The monoisotopic (exact) mass is 319 g/mol. The van der Waals surface area contributed by atoms with Gasteiger partial charge >= 0.3 is 0 Å². The molecular formula is C15H11BrFNO. The van der Waals surface area contributed by atoms with Crippen molar-refractivity contribution in [2.24, 2.45) is 0 Å². The maximum absolute atomic E-state index is 14.1. The molecule has 0 saturated heterocycles. The van der Waals surface area contributed by atoms with Crippen molar-refractivity contribution in [1.82, 2.24) is 4.57 Å². The van der Waals surface area contributed by atoms with Crippen molar-refractivity contribution in [3.05, 3.63) is 58.4 Å². The third-order valence-corrected chi connectivity index (χ3v) is 3.83. The van der Waals surface area contributed by atoms with Gasteiger partial charge in [-0.15, -0.1) is 0 Å². The minimum atomic E-state index is -0.308. The summed E-state index contributed by atoms with van der Waals surface area (Å²) in [6.45, 7) is 1.84. The van der Waals surface area contributed by atoms with E-state index >= 15 is 0 Å². The number of phenolic OH excluding ortho intramolecular Hbond substituents is 1. The maximum atomic E-state index is 14.1. The lowest BCUT2D eigenvalue weighted by molar-refractivity contribution is 0.479. The van der Waals surface area contributed by atoms with Crippen molar-refractivity contribution in [3.63, 3.8) is 0 Å². The van der Waals surface area contributed by atoms with E-state index < -0.39 is 0 Å². The summed E-state index contributed by atoms with van der Waals surface area (Å²) in [6.07, 6.45) is 1.75. The molecule has 0 unspecified atom stereocenters. The Morgan fingerprint density at radius 2 is 1.95 bits per heavy atom. The van der Waals surface area contributed by atoms with E-state index in [4.69, 9.17) is 0 Å². The van der Waals surface area contributed by atoms with Gasteiger partial charge in [-0.05, 0) is 42.8 Å². The third-order valence-electron chi connectivity index (χ3n) is 3.14. The molecule has 3 rings (SSSR count). The second kappa shape index (κ2) is 4.38. The maximum Gasteiger partial charge on any atom is 0.147 e. The van der Waals surface area contributed by atoms with Crippen LogP contribution in [-0.4, -0.2) is 9.67 Å². The van der Waals surface area contributed by atoms with Gasteiger partial charge in [0.15, 0.2) is 0 Å². The van der Waals surface area contributed by atoms with Crippen LogP contribution in [0.5, 0.6) is 5.75 Å². The molecule has 1 heterocycles. The summed E-state index contributed by atoms with van der Waals surface area (Å²) >= 11 is 3.43. The number of aromatic nitrogens is 1. The van der Waals surface area contributed by atoms with Crippen molar-refractivity contribution >= 4 is 26.8 Å². The Kier molecular flexibility index (Phi) is 2.82. The molecule has 1 aromatic heterocycles. The van der Waals surface area contributed by atoms with E-state index in [1.54, 1.807) is 29.0 Å². The predicted molar refractivity (Wildman–Crippen MR) is 77.3 cm³/mol. The minimum Gasteiger partial charge on any atom is -0.506 e. The highest BCUT2D eigenvalue weighted by Gasteiger charge is 2.12. The van der Waals surface area contributed by atoms with Crippen LogP contribution in [0, 0.1) is 12.7 Å². The molecule has 96 valence electrons. The lowest BCUT2D eigenvalue weighted by Crippen LogP contribution is -1.96. The van der Waals surface area contributed by atoms with Gasteiger partial charge in [-0.1, -0.05) is 22.0 Å². The van der Waals surface area contributed by atoms with Crippen molar-refractivity contribution in [2.75, 3.05) is 0 Å². The first kappa shape index (κ1) is 12.2. The number of benzene rings is 2. The molecule has 2 nitrogen and oxygen atoms in total. The highest BCUT2D eigenvalue weighted by Crippen LogP contribution is 2.34. The van der Waals surface area contributed by atoms with Crippen molar-refractivity contribution in [2.45, 2.75) is 6.92 Å². The number of phenols is 1. The molecule has 0 saturated carbocycles. The molecule has 1 N–H and O–H groups in total. The third kappa shape index (κ3) is 1.92. The molecule has 0 atom stereocenters. The molecule has 0 radical (unpaired) electrons. The van der Waals surface area contributed by atoms with E-state index in [1.807, 2.05) is 19.1 Å². The number of aromatic hydroxyl groups is 1. The van der Waals surface area contributed by atoms with Crippen molar-refractivity contribution in [3.8, 4) is 11.4 Å². The Balaban J connectivity index is 2.34. The SMILES string of the molecule is Cc1ccc(-n2ccc3c(Br)ccc(O)c32)c(F)c1. The van der Waals surface area contributed by atoms with E-state index in [2.05, 4.69) is 15.9 Å². The summed E-state index contributed by atoms with van der Waals surface area (Å²) in [5.74, 6) is -0.181. The smallest absolute Gasteiger partial charge is 0.147 e. The Hall–Kier alpha value is -1.81. The fraction of sp³-hybridized carbons (Fsp3) is 0.0667. The van der Waals surface area contributed by atoms with E-state index in [-0.39, 0.29) is 11.6 Å². The molecule has 0 aliphatic heterocycles. The minimum absolute atomic E-state index is 0.128. The largest absolute Gasteiger partial charge is 0.506 e. The summed E-state index contributed by atoms with van der Waals surface area (Å²) in [5, 5.41) is 10.9.